The summed E-state index contributed by atoms with van der Waals surface area (Å²) in [7, 11) is 0. The molecule has 0 radical (unpaired) electrons. The van der Waals surface area contributed by atoms with E-state index >= 15 is 0 Å². The van der Waals surface area contributed by atoms with E-state index in [1.165, 1.54) is 18.4 Å². The van der Waals surface area contributed by atoms with Crippen LogP contribution in [0.4, 0.5) is 5.69 Å². The Labute approximate surface area is 107 Å². The van der Waals surface area contributed by atoms with Crippen LogP contribution in [0.5, 0.6) is 5.75 Å². The number of carbonyl (C=O) groups excluding carboxylic acids is 1. The molecular formula is C14H18N2O2. The summed E-state index contributed by atoms with van der Waals surface area (Å²) in [5, 5.41) is 6.29. The van der Waals surface area contributed by atoms with Crippen molar-refractivity contribution in [3.05, 3.63) is 23.8 Å². The first-order valence-corrected chi connectivity index (χ1v) is 6.57. The van der Waals surface area contributed by atoms with Crippen LogP contribution in [0.3, 0.4) is 0 Å². The van der Waals surface area contributed by atoms with Crippen molar-refractivity contribution in [1.29, 1.82) is 0 Å². The van der Waals surface area contributed by atoms with Gasteiger partial charge in [0.15, 0.2) is 6.61 Å². The molecule has 2 aliphatic rings. The van der Waals surface area contributed by atoms with Gasteiger partial charge in [-0.3, -0.25) is 4.79 Å². The van der Waals surface area contributed by atoms with E-state index in [9.17, 15) is 4.79 Å². The number of carbonyl (C=O) groups is 1. The molecule has 3 rings (SSSR count). The van der Waals surface area contributed by atoms with Crippen LogP contribution in [0.1, 0.15) is 18.4 Å². The number of hydrogen-bond acceptors (Lipinski definition) is 3. The number of nitrogens with one attached hydrogen (secondary N) is 2. The van der Waals surface area contributed by atoms with Gasteiger partial charge in [0.1, 0.15) is 5.75 Å². The summed E-state index contributed by atoms with van der Waals surface area (Å²) in [4.78, 5) is 11.3. The Morgan fingerprint density at radius 3 is 3.17 bits per heavy atom. The highest BCUT2D eigenvalue weighted by Gasteiger charge is 2.18. The number of anilines is 1. The maximum Gasteiger partial charge on any atom is 0.262 e. The number of hydrogen-bond donors (Lipinski definition) is 2. The van der Waals surface area contributed by atoms with Crippen LogP contribution in [-0.2, 0) is 11.2 Å². The third kappa shape index (κ3) is 2.48. The average molecular weight is 246 g/mol. The summed E-state index contributed by atoms with van der Waals surface area (Å²) in [6.07, 6.45) is 3.61. The standard InChI is InChI=1S/C14H18N2O2/c17-14-9-18-13-4-3-10(7-12(13)16-14)6-11-2-1-5-15-8-11/h3-4,7,11,15H,1-2,5-6,8-9H2,(H,16,17). The lowest BCUT2D eigenvalue weighted by Gasteiger charge is -2.24. The van der Waals surface area contributed by atoms with Crippen LogP contribution in [0.15, 0.2) is 18.2 Å². The second kappa shape index (κ2) is 4.98. The van der Waals surface area contributed by atoms with Gasteiger partial charge in [-0.1, -0.05) is 6.07 Å². The second-order valence-corrected chi connectivity index (χ2v) is 5.08. The van der Waals surface area contributed by atoms with Crippen LogP contribution in [0.25, 0.3) is 0 Å². The van der Waals surface area contributed by atoms with Crippen molar-refractivity contribution in [2.75, 3.05) is 25.0 Å². The molecule has 4 heteroatoms. The zero-order valence-corrected chi connectivity index (χ0v) is 10.4. The van der Waals surface area contributed by atoms with Crippen molar-refractivity contribution in [1.82, 2.24) is 5.32 Å². The highest BCUT2D eigenvalue weighted by atomic mass is 16.5. The molecule has 2 heterocycles. The number of ether oxygens (including phenoxy) is 1. The van der Waals surface area contributed by atoms with Crippen molar-refractivity contribution >= 4 is 11.6 Å². The van der Waals surface area contributed by atoms with Gasteiger partial charge in [-0.2, -0.15) is 0 Å². The van der Waals surface area contributed by atoms with E-state index in [2.05, 4.69) is 16.7 Å². The maximum atomic E-state index is 11.3. The average Bonchev–Trinajstić information content (AvgIpc) is 2.39. The fourth-order valence-corrected chi connectivity index (χ4v) is 2.69. The minimum atomic E-state index is -0.0704. The molecule has 0 saturated carbocycles. The van der Waals surface area contributed by atoms with Gasteiger partial charge in [0.2, 0.25) is 0 Å². The summed E-state index contributed by atoms with van der Waals surface area (Å²) in [5.74, 6) is 1.41. The molecule has 0 spiro atoms. The molecule has 1 unspecified atom stereocenters. The second-order valence-electron chi connectivity index (χ2n) is 5.08. The summed E-state index contributed by atoms with van der Waals surface area (Å²) >= 11 is 0. The van der Waals surface area contributed by atoms with Gasteiger partial charge in [-0.05, 0) is 56.0 Å². The van der Waals surface area contributed by atoms with Crippen LogP contribution in [-0.4, -0.2) is 25.6 Å². The molecule has 0 aromatic heterocycles. The van der Waals surface area contributed by atoms with E-state index in [1.54, 1.807) is 0 Å². The number of piperidine rings is 1. The molecular weight excluding hydrogens is 228 g/mol. The highest BCUT2D eigenvalue weighted by molar-refractivity contribution is 5.95. The highest BCUT2D eigenvalue weighted by Crippen LogP contribution is 2.29. The van der Waals surface area contributed by atoms with E-state index in [1.807, 2.05) is 12.1 Å². The molecule has 1 aromatic rings. The zero-order chi connectivity index (χ0) is 12.4. The SMILES string of the molecule is O=C1COc2ccc(CC3CCCNC3)cc2N1. The predicted molar refractivity (Wildman–Crippen MR) is 69.9 cm³/mol. The van der Waals surface area contributed by atoms with E-state index < -0.39 is 0 Å². The Hall–Kier alpha value is -1.55. The normalized spacial score (nSPS) is 22.9. The first-order valence-electron chi connectivity index (χ1n) is 6.57. The Morgan fingerprint density at radius 2 is 2.33 bits per heavy atom. The van der Waals surface area contributed by atoms with Crippen molar-refractivity contribution in [3.8, 4) is 5.75 Å². The monoisotopic (exact) mass is 246 g/mol. The fourth-order valence-electron chi connectivity index (χ4n) is 2.69. The number of fused-ring (bicyclic) bond motifs is 1. The third-order valence-corrected chi connectivity index (χ3v) is 3.60. The topological polar surface area (TPSA) is 50.4 Å². The largest absolute Gasteiger partial charge is 0.482 e. The first-order chi connectivity index (χ1) is 8.81. The minimum Gasteiger partial charge on any atom is -0.482 e. The molecule has 0 bridgehead atoms. The zero-order valence-electron chi connectivity index (χ0n) is 10.4. The van der Waals surface area contributed by atoms with Gasteiger partial charge in [-0.25, -0.2) is 0 Å². The van der Waals surface area contributed by atoms with Gasteiger partial charge in [-0.15, -0.1) is 0 Å². The van der Waals surface area contributed by atoms with Crippen LogP contribution < -0.4 is 15.4 Å². The summed E-state index contributed by atoms with van der Waals surface area (Å²) in [5.41, 5.74) is 2.08. The van der Waals surface area contributed by atoms with Gasteiger partial charge < -0.3 is 15.4 Å². The molecule has 1 atom stereocenters. The lowest BCUT2D eigenvalue weighted by atomic mass is 9.92. The quantitative estimate of drug-likeness (QED) is 0.832. The molecule has 1 saturated heterocycles. The fraction of sp³-hybridized carbons (Fsp3) is 0.500. The number of amides is 1. The van der Waals surface area contributed by atoms with Crippen molar-refractivity contribution < 1.29 is 9.53 Å². The van der Waals surface area contributed by atoms with Gasteiger partial charge in [0.05, 0.1) is 5.69 Å². The van der Waals surface area contributed by atoms with E-state index in [4.69, 9.17) is 4.74 Å². The van der Waals surface area contributed by atoms with E-state index in [-0.39, 0.29) is 12.5 Å². The van der Waals surface area contributed by atoms with Gasteiger partial charge in [0.25, 0.3) is 5.91 Å². The summed E-state index contributed by atoms with van der Waals surface area (Å²) in [6, 6.07) is 6.10. The Kier molecular flexibility index (Phi) is 3.19. The third-order valence-electron chi connectivity index (χ3n) is 3.60. The van der Waals surface area contributed by atoms with Crippen molar-refractivity contribution in [2.45, 2.75) is 19.3 Å². The Bertz CT molecular complexity index is 453. The molecule has 2 aliphatic heterocycles. The van der Waals surface area contributed by atoms with Crippen molar-refractivity contribution in [2.24, 2.45) is 5.92 Å². The number of rotatable bonds is 2. The van der Waals surface area contributed by atoms with E-state index in [0.717, 1.165) is 30.9 Å². The van der Waals surface area contributed by atoms with Crippen LogP contribution in [0.2, 0.25) is 0 Å². The minimum absolute atomic E-state index is 0.0704. The van der Waals surface area contributed by atoms with E-state index in [0.29, 0.717) is 5.92 Å². The summed E-state index contributed by atoms with van der Waals surface area (Å²) in [6.45, 7) is 2.36. The Balaban J connectivity index is 1.73. The molecule has 18 heavy (non-hydrogen) atoms. The molecule has 1 fully saturated rings. The maximum absolute atomic E-state index is 11.3. The lowest BCUT2D eigenvalue weighted by Crippen LogP contribution is -2.31. The molecule has 1 aromatic carbocycles. The molecule has 4 nitrogen and oxygen atoms in total. The summed E-state index contributed by atoms with van der Waals surface area (Å²) < 4.78 is 5.36. The predicted octanol–water partition coefficient (Wildman–Crippen LogP) is 1.56. The molecule has 0 aliphatic carbocycles. The van der Waals surface area contributed by atoms with Crippen molar-refractivity contribution in [3.63, 3.8) is 0 Å². The van der Waals surface area contributed by atoms with Gasteiger partial charge >= 0.3 is 0 Å². The van der Waals surface area contributed by atoms with Crippen LogP contribution in [0, 0.1) is 5.92 Å². The smallest absolute Gasteiger partial charge is 0.262 e. The molecule has 1 amide bonds. The lowest BCUT2D eigenvalue weighted by molar-refractivity contribution is -0.118. The number of benzene rings is 1. The molecule has 2 N–H and O–H groups in total. The van der Waals surface area contributed by atoms with Gasteiger partial charge in [0, 0.05) is 0 Å². The molecule has 96 valence electrons. The van der Waals surface area contributed by atoms with Crippen LogP contribution >= 0.6 is 0 Å². The Morgan fingerprint density at radius 1 is 1.39 bits per heavy atom. The first kappa shape index (κ1) is 11.5.